The van der Waals surface area contributed by atoms with E-state index in [1.54, 1.807) is 12.1 Å². The Balaban J connectivity index is 1.47. The van der Waals surface area contributed by atoms with Crippen LogP contribution < -0.4 is 10.6 Å². The molecule has 5 nitrogen and oxygen atoms in total. The highest BCUT2D eigenvalue weighted by molar-refractivity contribution is 6.03. The van der Waals surface area contributed by atoms with Crippen molar-refractivity contribution in [3.8, 4) is 0 Å². The van der Waals surface area contributed by atoms with E-state index in [4.69, 9.17) is 0 Å². The number of amides is 3. The molecule has 2 unspecified atom stereocenters. The standard InChI is InChI=1S/C25H28N2O3/c1-25(2)12-11-17-5-3-4-6-20(17)21(15-25)26-23(29)18-9-7-16(8-10-18)13-19-14-22(28)27-24(19)30/h3-10,19,21H,11-15H2,1-2H3,(H,26,29)(H,27,28,30). The van der Waals surface area contributed by atoms with Crippen molar-refractivity contribution in [3.05, 3.63) is 70.8 Å². The van der Waals surface area contributed by atoms with Crippen molar-refractivity contribution < 1.29 is 14.4 Å². The third-order valence-electron chi connectivity index (χ3n) is 6.33. The minimum Gasteiger partial charge on any atom is -0.345 e. The molecule has 2 atom stereocenters. The van der Waals surface area contributed by atoms with Gasteiger partial charge in [0.2, 0.25) is 11.8 Å². The predicted octanol–water partition coefficient (Wildman–Crippen LogP) is 3.73. The van der Waals surface area contributed by atoms with E-state index in [-0.39, 0.29) is 41.5 Å². The Labute approximate surface area is 177 Å². The molecule has 3 amide bonds. The lowest BCUT2D eigenvalue weighted by atomic mass is 9.83. The fourth-order valence-electron chi connectivity index (χ4n) is 4.56. The second kappa shape index (κ2) is 8.05. The minimum atomic E-state index is -0.318. The minimum absolute atomic E-state index is 0.0147. The van der Waals surface area contributed by atoms with E-state index in [9.17, 15) is 14.4 Å². The van der Waals surface area contributed by atoms with E-state index in [2.05, 4.69) is 42.7 Å². The molecule has 0 radical (unpaired) electrons. The van der Waals surface area contributed by atoms with E-state index in [0.29, 0.717) is 12.0 Å². The smallest absolute Gasteiger partial charge is 0.251 e. The van der Waals surface area contributed by atoms with E-state index in [1.165, 1.54) is 11.1 Å². The van der Waals surface area contributed by atoms with Gasteiger partial charge in [-0.2, -0.15) is 0 Å². The molecule has 0 aromatic heterocycles. The first kappa shape index (κ1) is 20.3. The highest BCUT2D eigenvalue weighted by Gasteiger charge is 2.31. The summed E-state index contributed by atoms with van der Waals surface area (Å²) in [7, 11) is 0. The maximum Gasteiger partial charge on any atom is 0.251 e. The second-order valence-electron chi connectivity index (χ2n) is 9.31. The van der Waals surface area contributed by atoms with Gasteiger partial charge >= 0.3 is 0 Å². The molecule has 2 aliphatic rings. The van der Waals surface area contributed by atoms with Gasteiger partial charge in [-0.05, 0) is 59.9 Å². The van der Waals surface area contributed by atoms with E-state index in [0.717, 1.165) is 24.8 Å². The average Bonchev–Trinajstić information content (AvgIpc) is 2.96. The van der Waals surface area contributed by atoms with Crippen molar-refractivity contribution in [2.45, 2.75) is 52.0 Å². The molecular formula is C25H28N2O3. The van der Waals surface area contributed by atoms with Crippen LogP contribution in [-0.4, -0.2) is 17.7 Å². The Morgan fingerprint density at radius 1 is 1.10 bits per heavy atom. The lowest BCUT2D eigenvalue weighted by Crippen LogP contribution is -2.31. The van der Waals surface area contributed by atoms with Crippen LogP contribution in [0.4, 0.5) is 0 Å². The molecule has 1 fully saturated rings. The van der Waals surface area contributed by atoms with Crippen LogP contribution in [0.2, 0.25) is 0 Å². The van der Waals surface area contributed by atoms with Crippen LogP contribution in [0, 0.1) is 11.3 Å². The molecule has 0 bridgehead atoms. The fraction of sp³-hybridized carbons (Fsp3) is 0.400. The van der Waals surface area contributed by atoms with Crippen LogP contribution in [0.15, 0.2) is 48.5 Å². The Morgan fingerprint density at radius 3 is 2.53 bits per heavy atom. The van der Waals surface area contributed by atoms with Crippen molar-refractivity contribution in [1.29, 1.82) is 0 Å². The van der Waals surface area contributed by atoms with Crippen LogP contribution in [-0.2, 0) is 22.4 Å². The Bertz CT molecular complexity index is 978. The van der Waals surface area contributed by atoms with Gasteiger partial charge in [0.1, 0.15) is 0 Å². The first-order chi connectivity index (χ1) is 14.3. The van der Waals surface area contributed by atoms with Crippen LogP contribution in [0.1, 0.15) is 66.2 Å². The summed E-state index contributed by atoms with van der Waals surface area (Å²) in [4.78, 5) is 36.1. The summed E-state index contributed by atoms with van der Waals surface area (Å²) < 4.78 is 0. The van der Waals surface area contributed by atoms with Gasteiger partial charge < -0.3 is 5.32 Å². The number of aryl methyl sites for hydroxylation is 1. The lowest BCUT2D eigenvalue weighted by molar-refractivity contribution is -0.125. The number of carbonyl (C=O) groups excluding carboxylic acids is 3. The molecule has 1 aliphatic carbocycles. The summed E-state index contributed by atoms with van der Waals surface area (Å²) in [5.74, 6) is -0.834. The lowest BCUT2D eigenvalue weighted by Gasteiger charge is -2.27. The summed E-state index contributed by atoms with van der Waals surface area (Å²) in [5.41, 5.74) is 4.23. The zero-order valence-corrected chi connectivity index (χ0v) is 17.5. The van der Waals surface area contributed by atoms with Crippen molar-refractivity contribution >= 4 is 17.7 Å². The van der Waals surface area contributed by atoms with Crippen LogP contribution in [0.25, 0.3) is 0 Å². The summed E-state index contributed by atoms with van der Waals surface area (Å²) in [5, 5.41) is 5.58. The second-order valence-corrected chi connectivity index (χ2v) is 9.31. The first-order valence-corrected chi connectivity index (χ1v) is 10.6. The highest BCUT2D eigenvalue weighted by atomic mass is 16.2. The van der Waals surface area contributed by atoms with Crippen LogP contribution in [0.5, 0.6) is 0 Å². The Morgan fingerprint density at radius 2 is 1.83 bits per heavy atom. The van der Waals surface area contributed by atoms with Gasteiger partial charge in [0.15, 0.2) is 0 Å². The fourth-order valence-corrected chi connectivity index (χ4v) is 4.56. The Kier molecular flexibility index (Phi) is 5.46. The number of carbonyl (C=O) groups is 3. The van der Waals surface area contributed by atoms with Gasteiger partial charge in [-0.1, -0.05) is 50.2 Å². The summed E-state index contributed by atoms with van der Waals surface area (Å²) in [6.45, 7) is 4.52. The van der Waals surface area contributed by atoms with Gasteiger partial charge in [-0.25, -0.2) is 0 Å². The molecule has 0 saturated carbocycles. The maximum absolute atomic E-state index is 13.0. The molecule has 156 valence electrons. The highest BCUT2D eigenvalue weighted by Crippen LogP contribution is 2.39. The normalized spacial score (nSPS) is 22.7. The zero-order chi connectivity index (χ0) is 21.3. The van der Waals surface area contributed by atoms with E-state index < -0.39 is 0 Å². The number of benzene rings is 2. The SMILES string of the molecule is CC1(C)CCc2ccccc2C(NC(=O)c2ccc(CC3CC(=O)NC3=O)cc2)C1. The molecular weight excluding hydrogens is 376 g/mol. The summed E-state index contributed by atoms with van der Waals surface area (Å²) >= 11 is 0. The van der Waals surface area contributed by atoms with Gasteiger partial charge in [-0.15, -0.1) is 0 Å². The van der Waals surface area contributed by atoms with Gasteiger partial charge in [0.05, 0.1) is 12.0 Å². The van der Waals surface area contributed by atoms with Gasteiger partial charge in [0.25, 0.3) is 5.91 Å². The molecule has 1 heterocycles. The van der Waals surface area contributed by atoms with Crippen LogP contribution >= 0.6 is 0 Å². The predicted molar refractivity (Wildman–Crippen MR) is 115 cm³/mol. The zero-order valence-electron chi connectivity index (χ0n) is 17.5. The number of rotatable bonds is 4. The molecule has 2 aromatic rings. The molecule has 1 aliphatic heterocycles. The van der Waals surface area contributed by atoms with E-state index >= 15 is 0 Å². The largest absolute Gasteiger partial charge is 0.345 e. The molecule has 1 saturated heterocycles. The monoisotopic (exact) mass is 404 g/mol. The quantitative estimate of drug-likeness (QED) is 0.602. The Hall–Kier alpha value is -2.95. The van der Waals surface area contributed by atoms with Crippen LogP contribution in [0.3, 0.4) is 0 Å². The molecule has 5 heteroatoms. The summed E-state index contributed by atoms with van der Waals surface area (Å²) in [6, 6.07) is 15.7. The number of fused-ring (bicyclic) bond motifs is 1. The van der Waals surface area contributed by atoms with Gasteiger partial charge in [0, 0.05) is 12.0 Å². The first-order valence-electron chi connectivity index (χ1n) is 10.6. The molecule has 0 spiro atoms. The molecule has 30 heavy (non-hydrogen) atoms. The van der Waals surface area contributed by atoms with Crippen molar-refractivity contribution in [2.75, 3.05) is 0 Å². The topological polar surface area (TPSA) is 75.3 Å². The molecule has 2 aromatic carbocycles. The number of imide groups is 1. The number of nitrogens with one attached hydrogen (secondary N) is 2. The average molecular weight is 405 g/mol. The summed E-state index contributed by atoms with van der Waals surface area (Å²) in [6.07, 6.45) is 3.77. The van der Waals surface area contributed by atoms with Gasteiger partial charge in [-0.3, -0.25) is 19.7 Å². The van der Waals surface area contributed by atoms with Crippen molar-refractivity contribution in [2.24, 2.45) is 11.3 Å². The maximum atomic E-state index is 13.0. The third-order valence-corrected chi connectivity index (χ3v) is 6.33. The third kappa shape index (κ3) is 4.45. The number of hydrogen-bond acceptors (Lipinski definition) is 3. The van der Waals surface area contributed by atoms with Crippen molar-refractivity contribution in [3.63, 3.8) is 0 Å². The number of hydrogen-bond donors (Lipinski definition) is 2. The van der Waals surface area contributed by atoms with Crippen molar-refractivity contribution in [1.82, 2.24) is 10.6 Å². The molecule has 2 N–H and O–H groups in total. The van der Waals surface area contributed by atoms with E-state index in [1.807, 2.05) is 18.2 Å². The molecule has 4 rings (SSSR count).